The van der Waals surface area contributed by atoms with Crippen LogP contribution in [0.25, 0.3) is 16.8 Å². The number of hydrogen-bond acceptors (Lipinski definition) is 5. The first-order chi connectivity index (χ1) is 15.6. The minimum atomic E-state index is -0.692. The van der Waals surface area contributed by atoms with E-state index in [0.29, 0.717) is 31.7 Å². The van der Waals surface area contributed by atoms with Crippen molar-refractivity contribution in [3.8, 4) is 17.0 Å². The fourth-order valence-electron chi connectivity index (χ4n) is 4.53. The minimum Gasteiger partial charge on any atom is -0.489 e. The molecule has 0 radical (unpaired) electrons. The largest absolute Gasteiger partial charge is 0.489 e. The summed E-state index contributed by atoms with van der Waals surface area (Å²) in [6, 6.07) is 18.0. The maximum atomic E-state index is 10.6. The van der Waals surface area contributed by atoms with E-state index >= 15 is 0 Å². The number of rotatable bonds is 7. The molecule has 0 saturated heterocycles. The van der Waals surface area contributed by atoms with Gasteiger partial charge in [0.25, 0.3) is 0 Å². The Hall–Kier alpha value is -3.64. The van der Waals surface area contributed by atoms with E-state index in [1.807, 2.05) is 65.2 Å². The molecular weight excluding hydrogens is 400 g/mol. The summed E-state index contributed by atoms with van der Waals surface area (Å²) in [5.74, 6) is 2.24. The van der Waals surface area contributed by atoms with Crippen LogP contribution >= 0.6 is 0 Å². The molecule has 5 rings (SSSR count). The van der Waals surface area contributed by atoms with Crippen molar-refractivity contribution in [2.45, 2.75) is 37.4 Å². The second-order valence-electron chi connectivity index (χ2n) is 8.47. The maximum absolute atomic E-state index is 10.6. The first kappa shape index (κ1) is 20.3. The van der Waals surface area contributed by atoms with Crippen molar-refractivity contribution in [3.05, 3.63) is 91.0 Å². The zero-order valence-electron chi connectivity index (χ0n) is 17.8. The lowest BCUT2D eigenvalue weighted by Crippen LogP contribution is -2.42. The summed E-state index contributed by atoms with van der Waals surface area (Å²) in [5, 5.41) is 10.6. The Labute approximate surface area is 187 Å². The third kappa shape index (κ3) is 3.74. The number of ether oxygens (including phenoxy) is 1. The molecule has 3 N–H and O–H groups in total. The number of nitrogens with zero attached hydrogens (tertiary/aromatic N) is 3. The highest BCUT2D eigenvalue weighted by molar-refractivity contribution is 5.85. The Morgan fingerprint density at radius 2 is 2.00 bits per heavy atom. The molecule has 6 heteroatoms. The Balaban J connectivity index is 1.47. The van der Waals surface area contributed by atoms with Gasteiger partial charge in [-0.2, -0.15) is 0 Å². The van der Waals surface area contributed by atoms with Crippen molar-refractivity contribution in [1.29, 1.82) is 0 Å². The molecule has 162 valence electrons. The highest BCUT2D eigenvalue weighted by atomic mass is 16.5. The molecule has 32 heavy (non-hydrogen) atoms. The predicted octanol–water partition coefficient (Wildman–Crippen LogP) is 4.74. The number of aliphatic hydroxyl groups is 1. The van der Waals surface area contributed by atoms with Gasteiger partial charge in [0.05, 0.1) is 5.60 Å². The van der Waals surface area contributed by atoms with Crippen LogP contribution in [0.5, 0.6) is 5.75 Å². The van der Waals surface area contributed by atoms with E-state index in [1.54, 1.807) is 12.3 Å². The highest BCUT2D eigenvalue weighted by Gasteiger charge is 2.44. The SMILES string of the molecule is C=CCC1(O)CC(c2nc(-c3cccc(OCc4ccccc4)c3)c3c(N)nccn23)C1. The quantitative estimate of drug-likeness (QED) is 0.417. The molecule has 1 saturated carbocycles. The van der Waals surface area contributed by atoms with Gasteiger partial charge in [0.1, 0.15) is 35.2 Å². The van der Waals surface area contributed by atoms with Crippen LogP contribution in [0, 0.1) is 0 Å². The predicted molar refractivity (Wildman–Crippen MR) is 125 cm³/mol. The molecule has 1 aliphatic carbocycles. The zero-order valence-corrected chi connectivity index (χ0v) is 17.8. The molecule has 0 amide bonds. The van der Waals surface area contributed by atoms with Crippen molar-refractivity contribution in [2.75, 3.05) is 5.73 Å². The van der Waals surface area contributed by atoms with Gasteiger partial charge in [-0.25, -0.2) is 9.97 Å². The summed E-state index contributed by atoms with van der Waals surface area (Å²) in [6.45, 7) is 4.25. The van der Waals surface area contributed by atoms with E-state index in [-0.39, 0.29) is 5.92 Å². The number of hydrogen-bond donors (Lipinski definition) is 2. The second-order valence-corrected chi connectivity index (χ2v) is 8.47. The average molecular weight is 427 g/mol. The number of aromatic nitrogens is 3. The Morgan fingerprint density at radius 1 is 1.19 bits per heavy atom. The van der Waals surface area contributed by atoms with Crippen molar-refractivity contribution in [3.63, 3.8) is 0 Å². The standard InChI is InChI=1S/C26H26N4O2/c1-2-11-26(31)15-20(16-26)25-29-22(23-24(27)28-12-13-30(23)25)19-9-6-10-21(14-19)32-17-18-7-4-3-5-8-18/h2-10,12-14,20,31H,1,11,15-17H2,(H2,27,28). The van der Waals surface area contributed by atoms with Gasteiger partial charge in [0, 0.05) is 23.9 Å². The van der Waals surface area contributed by atoms with Gasteiger partial charge >= 0.3 is 0 Å². The van der Waals surface area contributed by atoms with Gasteiger partial charge in [0.2, 0.25) is 0 Å². The Bertz CT molecular complexity index is 1260. The Kier molecular flexibility index (Phi) is 5.15. The molecule has 2 heterocycles. The zero-order chi connectivity index (χ0) is 22.1. The van der Waals surface area contributed by atoms with Gasteiger partial charge < -0.3 is 15.6 Å². The molecule has 0 aliphatic heterocycles. The smallest absolute Gasteiger partial charge is 0.150 e. The summed E-state index contributed by atoms with van der Waals surface area (Å²) in [7, 11) is 0. The summed E-state index contributed by atoms with van der Waals surface area (Å²) in [4.78, 5) is 9.27. The number of fused-ring (bicyclic) bond motifs is 1. The van der Waals surface area contributed by atoms with Gasteiger partial charge in [-0.05, 0) is 37.0 Å². The lowest BCUT2D eigenvalue weighted by atomic mass is 9.69. The molecular formula is C26H26N4O2. The summed E-state index contributed by atoms with van der Waals surface area (Å²) >= 11 is 0. The molecule has 0 atom stereocenters. The van der Waals surface area contributed by atoms with E-state index in [9.17, 15) is 5.11 Å². The van der Waals surface area contributed by atoms with E-state index in [0.717, 1.165) is 33.9 Å². The second kappa shape index (κ2) is 8.13. The van der Waals surface area contributed by atoms with Gasteiger partial charge in [0.15, 0.2) is 0 Å². The topological polar surface area (TPSA) is 85.7 Å². The van der Waals surface area contributed by atoms with Crippen molar-refractivity contribution in [1.82, 2.24) is 14.4 Å². The fourth-order valence-corrected chi connectivity index (χ4v) is 4.53. The Morgan fingerprint density at radius 3 is 2.78 bits per heavy atom. The monoisotopic (exact) mass is 426 g/mol. The first-order valence-electron chi connectivity index (χ1n) is 10.8. The number of nitrogen functional groups attached to an aromatic ring is 1. The number of nitrogens with two attached hydrogens (primary N) is 1. The van der Waals surface area contributed by atoms with Crippen LogP contribution in [0.15, 0.2) is 79.6 Å². The van der Waals surface area contributed by atoms with E-state index in [1.165, 1.54) is 0 Å². The minimum absolute atomic E-state index is 0.153. The van der Waals surface area contributed by atoms with Crippen LogP contribution in [0.3, 0.4) is 0 Å². The molecule has 0 unspecified atom stereocenters. The van der Waals surface area contributed by atoms with Gasteiger partial charge in [-0.3, -0.25) is 4.40 Å². The van der Waals surface area contributed by atoms with Crippen LogP contribution in [-0.4, -0.2) is 25.1 Å². The van der Waals surface area contributed by atoms with Crippen LogP contribution in [0.2, 0.25) is 0 Å². The summed E-state index contributed by atoms with van der Waals surface area (Å²) in [5.41, 5.74) is 9.16. The van der Waals surface area contributed by atoms with E-state index < -0.39 is 5.60 Å². The molecule has 6 nitrogen and oxygen atoms in total. The van der Waals surface area contributed by atoms with Crippen LogP contribution in [0.1, 0.15) is 36.6 Å². The van der Waals surface area contributed by atoms with Gasteiger partial charge in [-0.15, -0.1) is 6.58 Å². The molecule has 2 aromatic heterocycles. The van der Waals surface area contributed by atoms with E-state index in [4.69, 9.17) is 15.5 Å². The lowest BCUT2D eigenvalue weighted by molar-refractivity contribution is -0.0478. The van der Waals surface area contributed by atoms with Crippen molar-refractivity contribution in [2.24, 2.45) is 0 Å². The molecule has 0 bridgehead atoms. The molecule has 2 aromatic carbocycles. The maximum Gasteiger partial charge on any atom is 0.150 e. The summed E-state index contributed by atoms with van der Waals surface area (Å²) in [6.07, 6.45) is 7.24. The fraction of sp³-hybridized carbons (Fsp3) is 0.231. The lowest BCUT2D eigenvalue weighted by Gasteiger charge is -2.42. The van der Waals surface area contributed by atoms with Crippen molar-refractivity contribution < 1.29 is 9.84 Å². The summed E-state index contributed by atoms with van der Waals surface area (Å²) < 4.78 is 8.02. The highest BCUT2D eigenvalue weighted by Crippen LogP contribution is 2.47. The van der Waals surface area contributed by atoms with E-state index in [2.05, 4.69) is 11.6 Å². The number of anilines is 1. The molecule has 4 aromatic rings. The van der Waals surface area contributed by atoms with Crippen LogP contribution in [0.4, 0.5) is 5.82 Å². The van der Waals surface area contributed by atoms with Gasteiger partial charge in [-0.1, -0.05) is 48.5 Å². The normalized spacial score (nSPS) is 20.1. The third-order valence-electron chi connectivity index (χ3n) is 6.11. The van der Waals surface area contributed by atoms with Crippen molar-refractivity contribution >= 4 is 11.3 Å². The molecule has 1 aliphatic rings. The van der Waals surface area contributed by atoms with Crippen LogP contribution < -0.4 is 10.5 Å². The molecule has 1 fully saturated rings. The molecule has 0 spiro atoms. The first-order valence-corrected chi connectivity index (χ1v) is 10.8. The number of benzene rings is 2. The average Bonchev–Trinajstić information content (AvgIpc) is 3.18. The number of imidazole rings is 1. The third-order valence-corrected chi connectivity index (χ3v) is 6.11. The van der Waals surface area contributed by atoms with Crippen LogP contribution in [-0.2, 0) is 6.61 Å².